The Morgan fingerprint density at radius 3 is 2.57 bits per heavy atom. The Kier molecular flexibility index (Phi) is 5.08. The summed E-state index contributed by atoms with van der Waals surface area (Å²) in [4.78, 5) is 2.40. The second kappa shape index (κ2) is 6.64. The molecule has 3 N–H and O–H groups in total. The fraction of sp³-hybridized carbons (Fsp3) is 0.571. The monoisotopic (exact) mass is 313 g/mol. The van der Waals surface area contributed by atoms with Gasteiger partial charge in [-0.3, -0.25) is 0 Å². The zero-order valence-corrected chi connectivity index (χ0v) is 13.3. The number of hydrogen-bond donors (Lipinski definition) is 2. The molecule has 0 amide bonds. The summed E-state index contributed by atoms with van der Waals surface area (Å²) < 4.78 is 31.0. The van der Waals surface area contributed by atoms with Gasteiger partial charge in [0.25, 0.3) is 0 Å². The predicted octanol–water partition coefficient (Wildman–Crippen LogP) is 1.04. The molecular formula is C14H23N3O3S. The molecular weight excluding hydrogens is 290 g/mol. The van der Waals surface area contributed by atoms with Crippen molar-refractivity contribution in [1.29, 1.82) is 0 Å². The fourth-order valence-corrected chi connectivity index (χ4v) is 3.45. The molecule has 1 aromatic carbocycles. The van der Waals surface area contributed by atoms with Crippen molar-refractivity contribution in [3.8, 4) is 0 Å². The molecule has 0 atom stereocenters. The van der Waals surface area contributed by atoms with Crippen molar-refractivity contribution in [1.82, 2.24) is 4.72 Å². The van der Waals surface area contributed by atoms with E-state index >= 15 is 0 Å². The van der Waals surface area contributed by atoms with Gasteiger partial charge in [0, 0.05) is 26.8 Å². The molecule has 1 saturated heterocycles. The largest absolute Gasteiger partial charge is 0.397 e. The van der Waals surface area contributed by atoms with Crippen LogP contribution < -0.4 is 15.4 Å². The lowest BCUT2D eigenvalue weighted by Crippen LogP contribution is -2.35. The SMILES string of the molecule is CNS(=O)(=O)c1ccc(N2CCC(COC)CC2)c(N)c1. The van der Waals surface area contributed by atoms with Crippen LogP contribution in [-0.4, -0.2) is 42.3 Å². The van der Waals surface area contributed by atoms with Gasteiger partial charge >= 0.3 is 0 Å². The zero-order valence-electron chi connectivity index (χ0n) is 12.5. The van der Waals surface area contributed by atoms with Crippen LogP contribution in [0.15, 0.2) is 23.1 Å². The van der Waals surface area contributed by atoms with Gasteiger partial charge in [-0.2, -0.15) is 0 Å². The number of nitrogens with zero attached hydrogens (tertiary/aromatic N) is 1. The first-order chi connectivity index (χ1) is 9.97. The number of anilines is 2. The van der Waals surface area contributed by atoms with Crippen LogP contribution in [0, 0.1) is 5.92 Å². The topological polar surface area (TPSA) is 84.7 Å². The Morgan fingerprint density at radius 2 is 2.05 bits per heavy atom. The van der Waals surface area contributed by atoms with Gasteiger partial charge in [-0.05, 0) is 44.0 Å². The molecule has 2 rings (SSSR count). The molecule has 21 heavy (non-hydrogen) atoms. The minimum absolute atomic E-state index is 0.195. The maximum Gasteiger partial charge on any atom is 0.240 e. The number of rotatable bonds is 5. The summed E-state index contributed by atoms with van der Waals surface area (Å²) >= 11 is 0. The molecule has 6 nitrogen and oxygen atoms in total. The normalized spacial score (nSPS) is 17.1. The number of nitrogen functional groups attached to an aromatic ring is 1. The van der Waals surface area contributed by atoms with E-state index in [-0.39, 0.29) is 4.90 Å². The number of hydrogen-bond acceptors (Lipinski definition) is 5. The van der Waals surface area contributed by atoms with Crippen LogP contribution in [0.3, 0.4) is 0 Å². The van der Waals surface area contributed by atoms with Crippen molar-refractivity contribution in [2.24, 2.45) is 5.92 Å². The molecule has 0 aliphatic carbocycles. The summed E-state index contributed by atoms with van der Waals surface area (Å²) in [5, 5.41) is 0. The first-order valence-electron chi connectivity index (χ1n) is 7.05. The van der Waals surface area contributed by atoms with E-state index in [0.29, 0.717) is 11.6 Å². The van der Waals surface area contributed by atoms with E-state index in [4.69, 9.17) is 10.5 Å². The summed E-state index contributed by atoms with van der Waals surface area (Å²) in [7, 11) is -0.333. The van der Waals surface area contributed by atoms with Crippen LogP contribution in [-0.2, 0) is 14.8 Å². The molecule has 0 aromatic heterocycles. The van der Waals surface area contributed by atoms with Crippen molar-refractivity contribution in [2.75, 3.05) is 44.5 Å². The summed E-state index contributed by atoms with van der Waals surface area (Å²) in [5.74, 6) is 0.594. The molecule has 1 heterocycles. The lowest BCUT2D eigenvalue weighted by atomic mass is 9.97. The molecule has 1 fully saturated rings. The number of nitrogens with one attached hydrogen (secondary N) is 1. The lowest BCUT2D eigenvalue weighted by Gasteiger charge is -2.34. The second-order valence-corrected chi connectivity index (χ2v) is 7.20. The van der Waals surface area contributed by atoms with Crippen molar-refractivity contribution in [3.05, 3.63) is 18.2 Å². The van der Waals surface area contributed by atoms with Gasteiger partial charge in [0.2, 0.25) is 10.0 Å². The summed E-state index contributed by atoms with van der Waals surface area (Å²) in [6.07, 6.45) is 2.12. The summed E-state index contributed by atoms with van der Waals surface area (Å²) in [6, 6.07) is 4.90. The minimum atomic E-state index is -3.45. The van der Waals surface area contributed by atoms with Gasteiger partial charge in [0.05, 0.1) is 16.3 Å². The van der Waals surface area contributed by atoms with E-state index in [1.165, 1.54) is 13.1 Å². The van der Waals surface area contributed by atoms with Gasteiger partial charge in [-0.1, -0.05) is 0 Å². The number of sulfonamides is 1. The summed E-state index contributed by atoms with van der Waals surface area (Å²) in [5.41, 5.74) is 7.44. The molecule has 0 radical (unpaired) electrons. The molecule has 1 aliphatic heterocycles. The number of piperidine rings is 1. The molecule has 0 spiro atoms. The van der Waals surface area contributed by atoms with E-state index < -0.39 is 10.0 Å². The molecule has 0 saturated carbocycles. The van der Waals surface area contributed by atoms with Crippen LogP contribution in [0.1, 0.15) is 12.8 Å². The highest BCUT2D eigenvalue weighted by Gasteiger charge is 2.21. The Labute approximate surface area is 126 Å². The molecule has 1 aliphatic rings. The lowest BCUT2D eigenvalue weighted by molar-refractivity contribution is 0.139. The standard InChI is InChI=1S/C14H23N3O3S/c1-16-21(18,19)12-3-4-14(13(15)9-12)17-7-5-11(6-8-17)10-20-2/h3-4,9,11,16H,5-8,10,15H2,1-2H3. The van der Waals surface area contributed by atoms with Crippen LogP contribution in [0.4, 0.5) is 11.4 Å². The first-order valence-corrected chi connectivity index (χ1v) is 8.53. The highest BCUT2D eigenvalue weighted by atomic mass is 32.2. The summed E-state index contributed by atoms with van der Waals surface area (Å²) in [6.45, 7) is 2.62. The molecule has 7 heteroatoms. The number of ether oxygens (including phenoxy) is 1. The quantitative estimate of drug-likeness (QED) is 0.794. The van der Waals surface area contributed by atoms with Gasteiger partial charge in [-0.25, -0.2) is 13.1 Å². The van der Waals surface area contributed by atoms with Gasteiger partial charge in [0.15, 0.2) is 0 Å². The van der Waals surface area contributed by atoms with E-state index in [2.05, 4.69) is 9.62 Å². The predicted molar refractivity (Wildman–Crippen MR) is 83.9 cm³/mol. The third-order valence-corrected chi connectivity index (χ3v) is 5.35. The minimum Gasteiger partial charge on any atom is -0.397 e. The number of methoxy groups -OCH3 is 1. The third kappa shape index (κ3) is 3.66. The number of nitrogens with two attached hydrogens (primary N) is 1. The molecule has 118 valence electrons. The first kappa shape index (κ1) is 16.1. The smallest absolute Gasteiger partial charge is 0.240 e. The van der Waals surface area contributed by atoms with Crippen LogP contribution in [0.2, 0.25) is 0 Å². The number of benzene rings is 1. The van der Waals surface area contributed by atoms with Gasteiger partial charge < -0.3 is 15.4 Å². The van der Waals surface area contributed by atoms with Crippen molar-refractivity contribution >= 4 is 21.4 Å². The van der Waals surface area contributed by atoms with Gasteiger partial charge in [-0.15, -0.1) is 0 Å². The highest BCUT2D eigenvalue weighted by molar-refractivity contribution is 7.89. The zero-order chi connectivity index (χ0) is 15.5. The second-order valence-electron chi connectivity index (χ2n) is 5.31. The molecule has 0 unspecified atom stereocenters. The van der Waals surface area contributed by atoms with Gasteiger partial charge in [0.1, 0.15) is 0 Å². The van der Waals surface area contributed by atoms with E-state index in [0.717, 1.165) is 38.2 Å². The third-order valence-electron chi connectivity index (χ3n) is 3.94. The Balaban J connectivity index is 2.12. The molecule has 0 bridgehead atoms. The highest BCUT2D eigenvalue weighted by Crippen LogP contribution is 2.30. The van der Waals surface area contributed by atoms with Crippen molar-refractivity contribution in [3.63, 3.8) is 0 Å². The van der Waals surface area contributed by atoms with Crippen LogP contribution in [0.5, 0.6) is 0 Å². The average Bonchev–Trinajstić information content (AvgIpc) is 2.48. The Morgan fingerprint density at radius 1 is 1.38 bits per heavy atom. The molecule has 1 aromatic rings. The van der Waals surface area contributed by atoms with Crippen molar-refractivity contribution in [2.45, 2.75) is 17.7 Å². The van der Waals surface area contributed by atoms with Crippen LogP contribution >= 0.6 is 0 Å². The van der Waals surface area contributed by atoms with E-state index in [1.54, 1.807) is 19.2 Å². The Hall–Kier alpha value is -1.31. The van der Waals surface area contributed by atoms with E-state index in [9.17, 15) is 8.42 Å². The fourth-order valence-electron chi connectivity index (χ4n) is 2.68. The maximum atomic E-state index is 11.8. The average molecular weight is 313 g/mol. The van der Waals surface area contributed by atoms with Crippen LogP contribution in [0.25, 0.3) is 0 Å². The van der Waals surface area contributed by atoms with E-state index in [1.807, 2.05) is 0 Å². The Bertz CT molecular complexity index is 581. The maximum absolute atomic E-state index is 11.8. The van der Waals surface area contributed by atoms with Crippen molar-refractivity contribution < 1.29 is 13.2 Å².